The van der Waals surface area contributed by atoms with E-state index < -0.39 is 12.6 Å². The predicted octanol–water partition coefficient (Wildman–Crippen LogP) is 3.80. The van der Waals surface area contributed by atoms with Gasteiger partial charge in [0, 0.05) is 12.1 Å². The maximum Gasteiger partial charge on any atom is 0.391 e. The molecular formula is C14H22F3NO2. The Hall–Kier alpha value is -1.01. The highest BCUT2D eigenvalue weighted by Crippen LogP contribution is 2.20. The van der Waals surface area contributed by atoms with Crippen molar-refractivity contribution in [3.63, 3.8) is 0 Å². The molecule has 0 aromatic carbocycles. The number of nitrogens with one attached hydrogen (secondary N) is 1. The number of hydrogen-bond donors (Lipinski definition) is 1. The van der Waals surface area contributed by atoms with E-state index in [9.17, 15) is 13.2 Å². The van der Waals surface area contributed by atoms with Gasteiger partial charge >= 0.3 is 6.18 Å². The number of halogens is 3. The molecule has 1 heterocycles. The molecule has 0 fully saturated rings. The van der Waals surface area contributed by atoms with Gasteiger partial charge in [-0.2, -0.15) is 13.2 Å². The molecule has 6 heteroatoms. The van der Waals surface area contributed by atoms with Crippen LogP contribution in [-0.2, 0) is 17.9 Å². The lowest BCUT2D eigenvalue weighted by atomic mass is 10.2. The summed E-state index contributed by atoms with van der Waals surface area (Å²) < 4.78 is 46.3. The lowest BCUT2D eigenvalue weighted by Crippen LogP contribution is -2.18. The number of hydrogen-bond acceptors (Lipinski definition) is 3. The fourth-order valence-electron chi connectivity index (χ4n) is 1.69. The first-order chi connectivity index (χ1) is 9.28. The van der Waals surface area contributed by atoms with Crippen LogP contribution in [0.3, 0.4) is 0 Å². The first-order valence-electron chi connectivity index (χ1n) is 6.71. The molecule has 0 aliphatic rings. The molecule has 0 saturated carbocycles. The van der Waals surface area contributed by atoms with Crippen molar-refractivity contribution in [2.75, 3.05) is 13.2 Å². The quantitative estimate of drug-likeness (QED) is 0.740. The molecule has 0 atom stereocenters. The largest absolute Gasteiger partial charge is 0.464 e. The monoisotopic (exact) mass is 293 g/mol. The zero-order chi connectivity index (χ0) is 15.2. The highest BCUT2D eigenvalue weighted by molar-refractivity contribution is 5.20. The van der Waals surface area contributed by atoms with Gasteiger partial charge in [0.1, 0.15) is 18.1 Å². The van der Waals surface area contributed by atoms with Crippen molar-refractivity contribution in [2.45, 2.75) is 46.5 Å². The standard InChI is InChI=1S/C14H22F3NO2/c1-10(2)7-18-8-12-6-13(20-11(12)3)9-19-5-4-14(15,16)17/h6,10,18H,4-5,7-9H2,1-3H3. The summed E-state index contributed by atoms with van der Waals surface area (Å²) in [6.07, 6.45) is -5.11. The van der Waals surface area contributed by atoms with Crippen LogP contribution >= 0.6 is 0 Å². The summed E-state index contributed by atoms with van der Waals surface area (Å²) in [7, 11) is 0. The van der Waals surface area contributed by atoms with Crippen molar-refractivity contribution in [3.8, 4) is 0 Å². The topological polar surface area (TPSA) is 34.4 Å². The predicted molar refractivity (Wildman–Crippen MR) is 70.3 cm³/mol. The van der Waals surface area contributed by atoms with Crippen LogP contribution in [0.15, 0.2) is 10.5 Å². The second-order valence-corrected chi connectivity index (χ2v) is 5.24. The van der Waals surface area contributed by atoms with Crippen molar-refractivity contribution in [1.82, 2.24) is 5.32 Å². The van der Waals surface area contributed by atoms with E-state index in [4.69, 9.17) is 9.15 Å². The van der Waals surface area contributed by atoms with Crippen molar-refractivity contribution in [2.24, 2.45) is 5.92 Å². The van der Waals surface area contributed by atoms with Gasteiger partial charge in [0.15, 0.2) is 0 Å². The van der Waals surface area contributed by atoms with E-state index in [1.807, 2.05) is 13.0 Å². The normalized spacial score (nSPS) is 12.3. The van der Waals surface area contributed by atoms with Crippen LogP contribution in [-0.4, -0.2) is 19.3 Å². The molecule has 0 amide bonds. The van der Waals surface area contributed by atoms with Gasteiger partial charge in [0.2, 0.25) is 0 Å². The van der Waals surface area contributed by atoms with Crippen molar-refractivity contribution < 1.29 is 22.3 Å². The lowest BCUT2D eigenvalue weighted by molar-refractivity contribution is -0.146. The number of furan rings is 1. The summed E-state index contributed by atoms with van der Waals surface area (Å²) in [6.45, 7) is 7.40. The molecular weight excluding hydrogens is 271 g/mol. The minimum atomic E-state index is -4.18. The van der Waals surface area contributed by atoms with Crippen molar-refractivity contribution >= 4 is 0 Å². The van der Waals surface area contributed by atoms with Gasteiger partial charge in [0.05, 0.1) is 13.0 Å². The van der Waals surface area contributed by atoms with Crippen LogP contribution in [0.1, 0.15) is 37.4 Å². The first kappa shape index (κ1) is 17.0. The number of alkyl halides is 3. The molecule has 0 unspecified atom stereocenters. The third-order valence-electron chi connectivity index (χ3n) is 2.71. The summed E-state index contributed by atoms with van der Waals surface area (Å²) in [6, 6.07) is 1.83. The third kappa shape index (κ3) is 6.96. The highest BCUT2D eigenvalue weighted by atomic mass is 19.4. The first-order valence-corrected chi connectivity index (χ1v) is 6.71. The van der Waals surface area contributed by atoms with E-state index in [1.54, 1.807) is 0 Å². The molecule has 0 aliphatic carbocycles. The Kier molecular flexibility index (Phi) is 6.55. The summed E-state index contributed by atoms with van der Waals surface area (Å²) in [5.41, 5.74) is 1.01. The van der Waals surface area contributed by atoms with E-state index in [0.29, 0.717) is 18.2 Å². The highest BCUT2D eigenvalue weighted by Gasteiger charge is 2.26. The fourth-order valence-corrected chi connectivity index (χ4v) is 1.69. The Labute approximate surface area is 117 Å². The van der Waals surface area contributed by atoms with Crippen molar-refractivity contribution in [1.29, 1.82) is 0 Å². The number of ether oxygens (including phenoxy) is 1. The van der Waals surface area contributed by atoms with Gasteiger partial charge in [-0.1, -0.05) is 13.8 Å². The van der Waals surface area contributed by atoms with Gasteiger partial charge < -0.3 is 14.5 Å². The Balaban J connectivity index is 2.33. The Bertz CT molecular complexity index is 400. The number of rotatable bonds is 8. The molecule has 0 aliphatic heterocycles. The zero-order valence-electron chi connectivity index (χ0n) is 12.1. The molecule has 1 aromatic heterocycles. The molecule has 0 bridgehead atoms. The molecule has 0 saturated heterocycles. The second kappa shape index (κ2) is 7.69. The molecule has 20 heavy (non-hydrogen) atoms. The average molecular weight is 293 g/mol. The maximum absolute atomic E-state index is 11.9. The summed E-state index contributed by atoms with van der Waals surface area (Å²) >= 11 is 0. The molecule has 0 spiro atoms. The van der Waals surface area contributed by atoms with Crippen molar-refractivity contribution in [3.05, 3.63) is 23.2 Å². The van der Waals surface area contributed by atoms with E-state index in [0.717, 1.165) is 17.9 Å². The van der Waals surface area contributed by atoms with Crippen LogP contribution in [0.25, 0.3) is 0 Å². The smallest absolute Gasteiger partial charge is 0.391 e. The van der Waals surface area contributed by atoms with Gasteiger partial charge in [-0.25, -0.2) is 0 Å². The Morgan fingerprint density at radius 3 is 2.65 bits per heavy atom. The van der Waals surface area contributed by atoms with Crippen LogP contribution in [0.4, 0.5) is 13.2 Å². The SMILES string of the molecule is Cc1oc(COCCC(F)(F)F)cc1CNCC(C)C. The van der Waals surface area contributed by atoms with Crippen LogP contribution in [0, 0.1) is 12.8 Å². The Morgan fingerprint density at radius 2 is 2.05 bits per heavy atom. The summed E-state index contributed by atoms with van der Waals surface area (Å²) in [5, 5.41) is 3.29. The third-order valence-corrected chi connectivity index (χ3v) is 2.71. The molecule has 0 radical (unpaired) electrons. The molecule has 1 N–H and O–H groups in total. The van der Waals surface area contributed by atoms with Gasteiger partial charge in [-0.05, 0) is 25.5 Å². The summed E-state index contributed by atoms with van der Waals surface area (Å²) in [4.78, 5) is 0. The minimum Gasteiger partial charge on any atom is -0.464 e. The average Bonchev–Trinajstić information content (AvgIpc) is 2.64. The van der Waals surface area contributed by atoms with E-state index in [2.05, 4.69) is 19.2 Å². The molecule has 116 valence electrons. The van der Waals surface area contributed by atoms with Crippen LogP contribution in [0.5, 0.6) is 0 Å². The second-order valence-electron chi connectivity index (χ2n) is 5.24. The van der Waals surface area contributed by atoms with Gasteiger partial charge in [0.25, 0.3) is 0 Å². The molecule has 1 aromatic rings. The van der Waals surface area contributed by atoms with Crippen LogP contribution in [0.2, 0.25) is 0 Å². The van der Waals surface area contributed by atoms with Gasteiger partial charge in [-0.15, -0.1) is 0 Å². The minimum absolute atomic E-state index is 0.0705. The van der Waals surface area contributed by atoms with E-state index in [1.165, 1.54) is 0 Å². The maximum atomic E-state index is 11.9. The number of aryl methyl sites for hydroxylation is 1. The van der Waals surface area contributed by atoms with Crippen LogP contribution < -0.4 is 5.32 Å². The Morgan fingerprint density at radius 1 is 1.35 bits per heavy atom. The fraction of sp³-hybridized carbons (Fsp3) is 0.714. The molecule has 3 nitrogen and oxygen atoms in total. The molecule has 1 rings (SSSR count). The van der Waals surface area contributed by atoms with Gasteiger partial charge in [-0.3, -0.25) is 0 Å². The van der Waals surface area contributed by atoms with E-state index >= 15 is 0 Å². The zero-order valence-corrected chi connectivity index (χ0v) is 12.1. The lowest BCUT2D eigenvalue weighted by Gasteiger charge is -2.06. The summed E-state index contributed by atoms with van der Waals surface area (Å²) in [5.74, 6) is 1.90. The van der Waals surface area contributed by atoms with E-state index in [-0.39, 0.29) is 13.2 Å².